The Balaban J connectivity index is 0.00000132. The second-order valence-electron chi connectivity index (χ2n) is 5.24. The summed E-state index contributed by atoms with van der Waals surface area (Å²) >= 11 is 0. The quantitative estimate of drug-likeness (QED) is 0.879. The Hall–Kier alpha value is -1.40. The molecule has 1 aliphatic heterocycles. The predicted octanol–water partition coefficient (Wildman–Crippen LogP) is 2.07. The van der Waals surface area contributed by atoms with Crippen LogP contribution in [0, 0.1) is 0 Å². The Bertz CT molecular complexity index is 634. The van der Waals surface area contributed by atoms with E-state index in [0.29, 0.717) is 19.6 Å². The normalized spacial score (nSPS) is 17.0. The molecule has 0 saturated carbocycles. The topological polar surface area (TPSA) is 63.2 Å². The molecule has 1 saturated heterocycles. The number of carbonyl (C=O) groups excluding carboxylic acids is 1. The van der Waals surface area contributed by atoms with E-state index >= 15 is 0 Å². The summed E-state index contributed by atoms with van der Waals surface area (Å²) < 4.78 is 5.34. The van der Waals surface area contributed by atoms with Crippen molar-refractivity contribution in [2.45, 2.75) is 19.0 Å². The highest BCUT2D eigenvalue weighted by atomic mass is 35.5. The smallest absolute Gasteiger partial charge is 0.221 e. The zero-order chi connectivity index (χ0) is 14.5. The second-order valence-corrected chi connectivity index (χ2v) is 5.24. The number of para-hydroxylation sites is 1. The first kappa shape index (κ1) is 19.6. The van der Waals surface area contributed by atoms with Crippen molar-refractivity contribution >= 4 is 41.6 Å². The highest BCUT2D eigenvalue weighted by Crippen LogP contribution is 2.12. The molecule has 3 rings (SSSR count). The number of aromatic nitrogens is 1. The SMILES string of the molecule is Cl.Cl.O=C(CC1COCCN1)NCc1cnc2ccccc2c1. The van der Waals surface area contributed by atoms with Gasteiger partial charge in [0.2, 0.25) is 5.91 Å². The van der Waals surface area contributed by atoms with Crippen LogP contribution in [-0.2, 0) is 16.1 Å². The summed E-state index contributed by atoms with van der Waals surface area (Å²) in [6.07, 6.45) is 2.26. The first-order valence-electron chi connectivity index (χ1n) is 7.23. The number of nitrogens with zero attached hydrogens (tertiary/aromatic N) is 1. The summed E-state index contributed by atoms with van der Waals surface area (Å²) in [5.74, 6) is 0.0335. The van der Waals surface area contributed by atoms with Crippen molar-refractivity contribution in [3.63, 3.8) is 0 Å². The lowest BCUT2D eigenvalue weighted by Gasteiger charge is -2.23. The Morgan fingerprint density at radius 3 is 2.96 bits per heavy atom. The molecule has 23 heavy (non-hydrogen) atoms. The molecule has 5 nitrogen and oxygen atoms in total. The molecule has 0 radical (unpaired) electrons. The average Bonchev–Trinajstić information content (AvgIpc) is 2.54. The van der Waals surface area contributed by atoms with Crippen LogP contribution in [0.2, 0.25) is 0 Å². The number of amides is 1. The molecule has 126 valence electrons. The molecule has 0 spiro atoms. The number of nitrogens with one attached hydrogen (secondary N) is 2. The van der Waals surface area contributed by atoms with Crippen molar-refractivity contribution in [2.24, 2.45) is 0 Å². The molecular weight excluding hydrogens is 337 g/mol. The van der Waals surface area contributed by atoms with Gasteiger partial charge in [-0.3, -0.25) is 9.78 Å². The third-order valence-electron chi connectivity index (χ3n) is 3.57. The lowest BCUT2D eigenvalue weighted by atomic mass is 10.1. The van der Waals surface area contributed by atoms with E-state index in [4.69, 9.17) is 4.74 Å². The fourth-order valence-electron chi connectivity index (χ4n) is 2.46. The third kappa shape index (κ3) is 5.62. The molecule has 1 amide bonds. The predicted molar refractivity (Wildman–Crippen MR) is 95.3 cm³/mol. The molecule has 0 bridgehead atoms. The van der Waals surface area contributed by atoms with Gasteiger partial charge in [0.05, 0.1) is 18.7 Å². The molecule has 1 aliphatic rings. The number of carbonyl (C=O) groups is 1. The maximum atomic E-state index is 11.9. The first-order valence-corrected chi connectivity index (χ1v) is 7.23. The van der Waals surface area contributed by atoms with Gasteiger partial charge in [0.15, 0.2) is 0 Å². The van der Waals surface area contributed by atoms with E-state index < -0.39 is 0 Å². The van der Waals surface area contributed by atoms with Gasteiger partial charge in [0.1, 0.15) is 0 Å². The summed E-state index contributed by atoms with van der Waals surface area (Å²) in [7, 11) is 0. The zero-order valence-corrected chi connectivity index (χ0v) is 14.3. The van der Waals surface area contributed by atoms with Crippen molar-refractivity contribution in [3.8, 4) is 0 Å². The molecule has 1 atom stereocenters. The van der Waals surface area contributed by atoms with E-state index in [-0.39, 0.29) is 36.8 Å². The van der Waals surface area contributed by atoms with Gasteiger partial charge < -0.3 is 15.4 Å². The van der Waals surface area contributed by atoms with E-state index in [1.807, 2.05) is 30.5 Å². The van der Waals surface area contributed by atoms with E-state index in [0.717, 1.165) is 29.6 Å². The molecule has 1 fully saturated rings. The van der Waals surface area contributed by atoms with Crippen LogP contribution in [0.5, 0.6) is 0 Å². The van der Waals surface area contributed by atoms with Gasteiger partial charge in [-0.1, -0.05) is 18.2 Å². The number of morpholine rings is 1. The van der Waals surface area contributed by atoms with Crippen LogP contribution in [0.1, 0.15) is 12.0 Å². The number of ether oxygens (including phenoxy) is 1. The molecule has 2 N–H and O–H groups in total. The molecular formula is C16H21Cl2N3O2. The summed E-state index contributed by atoms with van der Waals surface area (Å²) in [5, 5.41) is 7.30. The van der Waals surface area contributed by atoms with Crippen molar-refractivity contribution in [1.82, 2.24) is 15.6 Å². The van der Waals surface area contributed by atoms with Crippen molar-refractivity contribution in [3.05, 3.63) is 42.1 Å². The molecule has 7 heteroatoms. The van der Waals surface area contributed by atoms with E-state index in [2.05, 4.69) is 21.7 Å². The highest BCUT2D eigenvalue weighted by Gasteiger charge is 2.16. The molecule has 2 aromatic rings. The van der Waals surface area contributed by atoms with Crippen LogP contribution >= 0.6 is 24.8 Å². The van der Waals surface area contributed by atoms with Gasteiger partial charge in [0, 0.05) is 37.1 Å². The first-order chi connectivity index (χ1) is 10.3. The molecule has 1 aromatic carbocycles. The average molecular weight is 358 g/mol. The number of hydrogen-bond donors (Lipinski definition) is 2. The standard InChI is InChI=1S/C16H19N3O2.2ClH/c20-16(8-14-11-21-6-5-17-14)19-10-12-7-13-3-1-2-4-15(13)18-9-12;;/h1-4,7,9,14,17H,5-6,8,10-11H2,(H,19,20);2*1H. The van der Waals surface area contributed by atoms with Crippen molar-refractivity contribution in [1.29, 1.82) is 0 Å². The van der Waals surface area contributed by atoms with Crippen LogP contribution in [0.4, 0.5) is 0 Å². The van der Waals surface area contributed by atoms with Crippen molar-refractivity contribution in [2.75, 3.05) is 19.8 Å². The number of benzene rings is 1. The number of pyridine rings is 1. The Morgan fingerprint density at radius 2 is 2.17 bits per heavy atom. The van der Waals surface area contributed by atoms with Crippen LogP contribution in [-0.4, -0.2) is 36.7 Å². The number of rotatable bonds is 4. The van der Waals surface area contributed by atoms with Crippen LogP contribution in [0.3, 0.4) is 0 Å². The van der Waals surface area contributed by atoms with Gasteiger partial charge >= 0.3 is 0 Å². The van der Waals surface area contributed by atoms with Gasteiger partial charge in [-0.2, -0.15) is 0 Å². The minimum absolute atomic E-state index is 0. The van der Waals surface area contributed by atoms with Gasteiger partial charge in [0.25, 0.3) is 0 Å². The van der Waals surface area contributed by atoms with Crippen LogP contribution < -0.4 is 10.6 Å². The van der Waals surface area contributed by atoms with Crippen LogP contribution in [0.15, 0.2) is 36.5 Å². The molecule has 0 aliphatic carbocycles. The number of hydrogen-bond acceptors (Lipinski definition) is 4. The number of fused-ring (bicyclic) bond motifs is 1. The Morgan fingerprint density at radius 1 is 1.35 bits per heavy atom. The fourth-order valence-corrected chi connectivity index (χ4v) is 2.46. The van der Waals surface area contributed by atoms with Crippen LogP contribution in [0.25, 0.3) is 10.9 Å². The van der Waals surface area contributed by atoms with E-state index in [9.17, 15) is 4.79 Å². The maximum Gasteiger partial charge on any atom is 0.221 e. The second kappa shape index (κ2) is 9.67. The summed E-state index contributed by atoms with van der Waals surface area (Å²) in [4.78, 5) is 16.3. The van der Waals surface area contributed by atoms with Crippen molar-refractivity contribution < 1.29 is 9.53 Å². The number of halogens is 2. The summed E-state index contributed by atoms with van der Waals surface area (Å²) in [6, 6.07) is 10.1. The Labute approximate surface area is 148 Å². The lowest BCUT2D eigenvalue weighted by molar-refractivity contribution is -0.122. The van der Waals surface area contributed by atoms with E-state index in [1.54, 1.807) is 0 Å². The highest BCUT2D eigenvalue weighted by molar-refractivity contribution is 5.85. The van der Waals surface area contributed by atoms with Gasteiger partial charge in [-0.15, -0.1) is 24.8 Å². The fraction of sp³-hybridized carbons (Fsp3) is 0.375. The van der Waals surface area contributed by atoms with E-state index in [1.165, 1.54) is 0 Å². The summed E-state index contributed by atoms with van der Waals surface area (Å²) in [5.41, 5.74) is 1.98. The minimum atomic E-state index is 0. The summed E-state index contributed by atoms with van der Waals surface area (Å²) in [6.45, 7) is 2.64. The zero-order valence-electron chi connectivity index (χ0n) is 12.7. The maximum absolute atomic E-state index is 11.9. The minimum Gasteiger partial charge on any atom is -0.378 e. The monoisotopic (exact) mass is 357 g/mol. The molecule has 1 aromatic heterocycles. The van der Waals surface area contributed by atoms with Gasteiger partial charge in [-0.05, 0) is 17.7 Å². The molecule has 2 heterocycles. The third-order valence-corrected chi connectivity index (χ3v) is 3.57. The molecule has 1 unspecified atom stereocenters. The largest absolute Gasteiger partial charge is 0.378 e. The van der Waals surface area contributed by atoms with Gasteiger partial charge in [-0.25, -0.2) is 0 Å². The lowest BCUT2D eigenvalue weighted by Crippen LogP contribution is -2.44. The Kier molecular flexibility index (Phi) is 8.26.